The van der Waals surface area contributed by atoms with Crippen LogP contribution in [0.1, 0.15) is 65.4 Å². The summed E-state index contributed by atoms with van der Waals surface area (Å²) in [7, 11) is 0. The highest BCUT2D eigenvalue weighted by Gasteiger charge is 2.49. The maximum absolute atomic E-state index is 12.7. The molecule has 2 aliphatic heterocycles. The Morgan fingerprint density at radius 1 is 1.31 bits per heavy atom. The number of hydrogen-bond donors (Lipinski definition) is 1. The van der Waals surface area contributed by atoms with Crippen LogP contribution in [0.25, 0.3) is 0 Å². The summed E-state index contributed by atoms with van der Waals surface area (Å²) >= 11 is 0. The van der Waals surface area contributed by atoms with Gasteiger partial charge < -0.3 is 19.5 Å². The van der Waals surface area contributed by atoms with E-state index in [-0.39, 0.29) is 18.2 Å². The van der Waals surface area contributed by atoms with Crippen LogP contribution in [0, 0.1) is 0 Å². The minimum atomic E-state index is -0.966. The van der Waals surface area contributed by atoms with Crippen LogP contribution >= 0.6 is 0 Å². The average molecular weight is 362 g/mol. The van der Waals surface area contributed by atoms with Crippen LogP contribution < -0.4 is 4.74 Å². The summed E-state index contributed by atoms with van der Waals surface area (Å²) < 4.78 is 11.0. The van der Waals surface area contributed by atoms with Crippen molar-refractivity contribution < 1.29 is 19.4 Å². The van der Waals surface area contributed by atoms with Crippen LogP contribution in [0.3, 0.4) is 0 Å². The lowest BCUT2D eigenvalue weighted by molar-refractivity contribution is -0.0966. The molecule has 0 aliphatic carbocycles. The zero-order valence-electron chi connectivity index (χ0n) is 16.2. The quantitative estimate of drug-likeness (QED) is 0.889. The van der Waals surface area contributed by atoms with Crippen molar-refractivity contribution in [2.75, 3.05) is 6.61 Å². The third-order valence-corrected chi connectivity index (χ3v) is 5.18. The first-order valence-electron chi connectivity index (χ1n) is 9.55. The number of aromatic nitrogens is 1. The van der Waals surface area contributed by atoms with Crippen LogP contribution in [0.5, 0.6) is 5.88 Å². The van der Waals surface area contributed by atoms with Gasteiger partial charge in [-0.3, -0.25) is 0 Å². The molecule has 2 fully saturated rings. The summed E-state index contributed by atoms with van der Waals surface area (Å²) in [4.78, 5) is 18.8. The van der Waals surface area contributed by atoms with Gasteiger partial charge in [-0.25, -0.2) is 9.78 Å². The predicted octanol–water partition coefficient (Wildman–Crippen LogP) is 3.62. The van der Waals surface area contributed by atoms with Crippen LogP contribution in [-0.2, 0) is 10.3 Å². The summed E-state index contributed by atoms with van der Waals surface area (Å²) in [6.07, 6.45) is 5.32. The molecule has 2 saturated heterocycles. The molecule has 2 bridgehead atoms. The molecule has 1 amide bonds. The summed E-state index contributed by atoms with van der Waals surface area (Å²) in [6.45, 7) is 8.12. The minimum Gasteiger partial charge on any atom is -0.478 e. The Hall–Kier alpha value is -1.82. The molecule has 0 radical (unpaired) electrons. The molecule has 2 aliphatic rings. The van der Waals surface area contributed by atoms with Gasteiger partial charge in [-0.2, -0.15) is 0 Å². The standard InChI is InChI=1S/C20H30N2O4/c1-5-25-17-10-9-14(13-21-17)20(24)11-15-7-6-8-16(12-20)22(15)18(23)26-19(2,3)4/h9-10,13,15-16,24H,5-8,11-12H2,1-4H3. The smallest absolute Gasteiger partial charge is 0.410 e. The van der Waals surface area contributed by atoms with Crippen molar-refractivity contribution >= 4 is 6.09 Å². The first-order valence-corrected chi connectivity index (χ1v) is 9.55. The maximum atomic E-state index is 12.7. The number of aliphatic hydroxyl groups is 1. The molecule has 144 valence electrons. The average Bonchev–Trinajstić information content (AvgIpc) is 2.53. The van der Waals surface area contributed by atoms with Crippen molar-refractivity contribution in [1.82, 2.24) is 9.88 Å². The van der Waals surface area contributed by atoms with E-state index in [0.717, 1.165) is 24.8 Å². The summed E-state index contributed by atoms with van der Waals surface area (Å²) in [5.74, 6) is 0.561. The number of hydrogen-bond acceptors (Lipinski definition) is 5. The Morgan fingerprint density at radius 2 is 1.96 bits per heavy atom. The van der Waals surface area contributed by atoms with E-state index in [9.17, 15) is 9.90 Å². The fourth-order valence-corrected chi connectivity index (χ4v) is 4.17. The number of nitrogens with zero attached hydrogens (tertiary/aromatic N) is 2. The van der Waals surface area contributed by atoms with Gasteiger partial charge in [0, 0.05) is 42.8 Å². The molecule has 0 aromatic carbocycles. The van der Waals surface area contributed by atoms with E-state index in [4.69, 9.17) is 9.47 Å². The largest absolute Gasteiger partial charge is 0.478 e. The number of piperidine rings is 2. The zero-order chi connectivity index (χ0) is 18.9. The van der Waals surface area contributed by atoms with E-state index in [2.05, 4.69) is 4.98 Å². The van der Waals surface area contributed by atoms with Crippen molar-refractivity contribution in [3.05, 3.63) is 23.9 Å². The lowest BCUT2D eigenvalue weighted by Gasteiger charge is -2.51. The van der Waals surface area contributed by atoms with Crippen molar-refractivity contribution in [2.45, 2.75) is 83.1 Å². The molecule has 6 heteroatoms. The topological polar surface area (TPSA) is 71.9 Å². The summed E-state index contributed by atoms with van der Waals surface area (Å²) in [5.41, 5.74) is -0.689. The number of pyridine rings is 1. The van der Waals surface area contributed by atoms with E-state index in [0.29, 0.717) is 25.3 Å². The zero-order valence-corrected chi connectivity index (χ0v) is 16.2. The number of amides is 1. The molecule has 1 aromatic rings. The molecule has 2 unspecified atom stereocenters. The van der Waals surface area contributed by atoms with Gasteiger partial charge in [-0.05, 0) is 53.0 Å². The van der Waals surface area contributed by atoms with E-state index >= 15 is 0 Å². The van der Waals surface area contributed by atoms with Crippen molar-refractivity contribution in [3.8, 4) is 5.88 Å². The number of carbonyl (C=O) groups is 1. The predicted molar refractivity (Wildman–Crippen MR) is 98.0 cm³/mol. The first-order chi connectivity index (χ1) is 12.2. The Labute approximate surface area is 155 Å². The highest BCUT2D eigenvalue weighted by molar-refractivity contribution is 5.69. The van der Waals surface area contributed by atoms with Gasteiger partial charge in [-0.15, -0.1) is 0 Å². The second-order valence-corrected chi connectivity index (χ2v) is 8.38. The minimum absolute atomic E-state index is 0.00563. The lowest BCUT2D eigenvalue weighted by atomic mass is 9.73. The second kappa shape index (κ2) is 7.06. The van der Waals surface area contributed by atoms with Gasteiger partial charge in [0.1, 0.15) is 5.60 Å². The number of rotatable bonds is 3. The number of carbonyl (C=O) groups excluding carboxylic acids is 1. The van der Waals surface area contributed by atoms with E-state index in [1.807, 2.05) is 38.7 Å². The molecular formula is C20H30N2O4. The van der Waals surface area contributed by atoms with E-state index in [1.165, 1.54) is 0 Å². The second-order valence-electron chi connectivity index (χ2n) is 8.38. The summed E-state index contributed by atoms with van der Waals surface area (Å²) in [6, 6.07) is 3.67. The Bertz CT molecular complexity index is 624. The van der Waals surface area contributed by atoms with Crippen LogP contribution in [0.4, 0.5) is 4.79 Å². The molecule has 1 N–H and O–H groups in total. The van der Waals surface area contributed by atoms with Crippen LogP contribution in [0.15, 0.2) is 18.3 Å². The van der Waals surface area contributed by atoms with Crippen LogP contribution in [0.2, 0.25) is 0 Å². The van der Waals surface area contributed by atoms with Gasteiger partial charge in [0.15, 0.2) is 0 Å². The normalized spacial score (nSPS) is 28.6. The molecule has 3 rings (SSSR count). The molecule has 3 heterocycles. The Morgan fingerprint density at radius 3 is 2.46 bits per heavy atom. The molecule has 26 heavy (non-hydrogen) atoms. The third kappa shape index (κ3) is 3.95. The highest BCUT2D eigenvalue weighted by atomic mass is 16.6. The van der Waals surface area contributed by atoms with Crippen molar-refractivity contribution in [2.24, 2.45) is 0 Å². The Kier molecular flexibility index (Phi) is 5.15. The third-order valence-electron chi connectivity index (χ3n) is 5.18. The van der Waals surface area contributed by atoms with E-state index in [1.54, 1.807) is 12.3 Å². The van der Waals surface area contributed by atoms with Gasteiger partial charge in [0.05, 0.1) is 12.2 Å². The Balaban J connectivity index is 1.79. The fraction of sp³-hybridized carbons (Fsp3) is 0.700. The molecule has 0 saturated carbocycles. The summed E-state index contributed by atoms with van der Waals surface area (Å²) in [5, 5.41) is 11.3. The lowest BCUT2D eigenvalue weighted by Crippen LogP contribution is -2.59. The maximum Gasteiger partial charge on any atom is 0.410 e. The van der Waals surface area contributed by atoms with Crippen LogP contribution in [-0.4, -0.2) is 45.4 Å². The fourth-order valence-electron chi connectivity index (χ4n) is 4.17. The molecular weight excluding hydrogens is 332 g/mol. The van der Waals surface area contributed by atoms with Crippen molar-refractivity contribution in [1.29, 1.82) is 0 Å². The molecule has 1 aromatic heterocycles. The van der Waals surface area contributed by atoms with Gasteiger partial charge in [0.2, 0.25) is 5.88 Å². The van der Waals surface area contributed by atoms with Gasteiger partial charge in [-0.1, -0.05) is 0 Å². The van der Waals surface area contributed by atoms with Gasteiger partial charge >= 0.3 is 6.09 Å². The SMILES string of the molecule is CCOc1ccc(C2(O)CC3CCCC(C2)N3C(=O)OC(C)(C)C)cn1. The highest BCUT2D eigenvalue weighted by Crippen LogP contribution is 2.44. The first kappa shape index (κ1) is 19.0. The number of ether oxygens (including phenoxy) is 2. The molecule has 2 atom stereocenters. The number of fused-ring (bicyclic) bond motifs is 2. The molecule has 0 spiro atoms. The van der Waals surface area contributed by atoms with Gasteiger partial charge in [0.25, 0.3) is 0 Å². The van der Waals surface area contributed by atoms with Crippen molar-refractivity contribution in [3.63, 3.8) is 0 Å². The molecule has 6 nitrogen and oxygen atoms in total. The monoisotopic (exact) mass is 362 g/mol. The van der Waals surface area contributed by atoms with E-state index < -0.39 is 11.2 Å².